The molecule has 98 valence electrons. The third kappa shape index (κ3) is 2.07. The maximum Gasteiger partial charge on any atom is 0.123 e. The molecule has 3 nitrogen and oxygen atoms in total. The lowest BCUT2D eigenvalue weighted by molar-refractivity contribution is 0.257. The standard InChI is InChI=1S/C15H21NO2/c1-16-7-3-4-12(16)8-11-10-18-15-6-5-13(17-2)9-14(11)15/h5-6,9,11-12H,3-4,7-8,10H2,1-2H3/t11-,12+/m0/s1. The van der Waals surface area contributed by atoms with Crippen molar-refractivity contribution in [2.75, 3.05) is 27.3 Å². The fourth-order valence-electron chi connectivity index (χ4n) is 3.18. The molecule has 0 aromatic heterocycles. The minimum atomic E-state index is 0.528. The van der Waals surface area contributed by atoms with E-state index in [1.165, 1.54) is 31.4 Å². The van der Waals surface area contributed by atoms with E-state index >= 15 is 0 Å². The molecule has 18 heavy (non-hydrogen) atoms. The van der Waals surface area contributed by atoms with E-state index in [0.717, 1.165) is 24.1 Å². The van der Waals surface area contributed by atoms with Crippen molar-refractivity contribution in [2.45, 2.75) is 31.2 Å². The maximum absolute atomic E-state index is 5.78. The Kier molecular flexibility index (Phi) is 3.16. The van der Waals surface area contributed by atoms with Crippen molar-refractivity contribution in [1.82, 2.24) is 4.90 Å². The first-order chi connectivity index (χ1) is 8.78. The summed E-state index contributed by atoms with van der Waals surface area (Å²) in [6.07, 6.45) is 3.86. The molecule has 1 aromatic carbocycles. The van der Waals surface area contributed by atoms with E-state index in [4.69, 9.17) is 9.47 Å². The van der Waals surface area contributed by atoms with Crippen LogP contribution >= 0.6 is 0 Å². The maximum atomic E-state index is 5.78. The molecule has 3 rings (SSSR count). The predicted molar refractivity (Wildman–Crippen MR) is 71.5 cm³/mol. The van der Waals surface area contributed by atoms with Gasteiger partial charge < -0.3 is 14.4 Å². The van der Waals surface area contributed by atoms with Gasteiger partial charge in [0.15, 0.2) is 0 Å². The Bertz CT molecular complexity index is 433. The summed E-state index contributed by atoms with van der Waals surface area (Å²) in [4.78, 5) is 2.48. The molecule has 0 bridgehead atoms. The summed E-state index contributed by atoms with van der Waals surface area (Å²) in [6, 6.07) is 6.87. The lowest BCUT2D eigenvalue weighted by atomic mass is 9.93. The second-order valence-corrected chi connectivity index (χ2v) is 5.42. The van der Waals surface area contributed by atoms with Crippen LogP contribution in [0.4, 0.5) is 0 Å². The van der Waals surface area contributed by atoms with Gasteiger partial charge in [0.25, 0.3) is 0 Å². The number of ether oxygens (including phenoxy) is 2. The van der Waals surface area contributed by atoms with E-state index in [1.807, 2.05) is 12.1 Å². The van der Waals surface area contributed by atoms with Crippen LogP contribution < -0.4 is 9.47 Å². The van der Waals surface area contributed by atoms with E-state index in [2.05, 4.69) is 18.0 Å². The van der Waals surface area contributed by atoms with Crippen molar-refractivity contribution in [1.29, 1.82) is 0 Å². The molecule has 0 unspecified atom stereocenters. The van der Waals surface area contributed by atoms with Gasteiger partial charge in [-0.1, -0.05) is 0 Å². The summed E-state index contributed by atoms with van der Waals surface area (Å²) >= 11 is 0. The first-order valence-corrected chi connectivity index (χ1v) is 6.79. The molecule has 2 aliphatic heterocycles. The molecule has 2 heterocycles. The fraction of sp³-hybridized carbons (Fsp3) is 0.600. The minimum Gasteiger partial charge on any atom is -0.497 e. The molecule has 0 saturated carbocycles. The number of nitrogens with zero attached hydrogens (tertiary/aromatic N) is 1. The van der Waals surface area contributed by atoms with Crippen molar-refractivity contribution in [3.63, 3.8) is 0 Å². The number of fused-ring (bicyclic) bond motifs is 1. The second kappa shape index (κ2) is 4.81. The number of methoxy groups -OCH3 is 1. The third-order valence-electron chi connectivity index (χ3n) is 4.32. The largest absolute Gasteiger partial charge is 0.497 e. The summed E-state index contributed by atoms with van der Waals surface area (Å²) in [5, 5.41) is 0. The van der Waals surface area contributed by atoms with E-state index in [-0.39, 0.29) is 0 Å². The molecular weight excluding hydrogens is 226 g/mol. The van der Waals surface area contributed by atoms with Crippen LogP contribution in [0.2, 0.25) is 0 Å². The van der Waals surface area contributed by atoms with Crippen LogP contribution in [0.3, 0.4) is 0 Å². The first-order valence-electron chi connectivity index (χ1n) is 6.79. The Morgan fingerprint density at radius 1 is 1.44 bits per heavy atom. The van der Waals surface area contributed by atoms with E-state index < -0.39 is 0 Å². The highest BCUT2D eigenvalue weighted by molar-refractivity contribution is 5.45. The second-order valence-electron chi connectivity index (χ2n) is 5.42. The zero-order valence-corrected chi connectivity index (χ0v) is 11.2. The van der Waals surface area contributed by atoms with Crippen LogP contribution in [0.1, 0.15) is 30.7 Å². The van der Waals surface area contributed by atoms with Gasteiger partial charge in [0, 0.05) is 17.5 Å². The fourth-order valence-corrected chi connectivity index (χ4v) is 3.18. The van der Waals surface area contributed by atoms with E-state index in [0.29, 0.717) is 5.92 Å². The predicted octanol–water partition coefficient (Wildman–Crippen LogP) is 2.66. The normalized spacial score (nSPS) is 27.0. The van der Waals surface area contributed by atoms with Gasteiger partial charge in [-0.2, -0.15) is 0 Å². The topological polar surface area (TPSA) is 21.7 Å². The Morgan fingerprint density at radius 3 is 3.06 bits per heavy atom. The molecule has 0 N–H and O–H groups in total. The van der Waals surface area contributed by atoms with Gasteiger partial charge in [-0.15, -0.1) is 0 Å². The molecule has 0 amide bonds. The number of benzene rings is 1. The van der Waals surface area contributed by atoms with Crippen LogP contribution in [0, 0.1) is 0 Å². The quantitative estimate of drug-likeness (QED) is 0.819. The zero-order valence-electron chi connectivity index (χ0n) is 11.2. The Morgan fingerprint density at radius 2 is 2.33 bits per heavy atom. The summed E-state index contributed by atoms with van der Waals surface area (Å²) in [5.41, 5.74) is 1.33. The Hall–Kier alpha value is -1.22. The monoisotopic (exact) mass is 247 g/mol. The Labute approximate surface area is 109 Å². The number of hydrogen-bond donors (Lipinski definition) is 0. The highest BCUT2D eigenvalue weighted by Crippen LogP contribution is 2.40. The van der Waals surface area contributed by atoms with Gasteiger partial charge in [-0.25, -0.2) is 0 Å². The van der Waals surface area contributed by atoms with E-state index in [1.54, 1.807) is 7.11 Å². The number of hydrogen-bond acceptors (Lipinski definition) is 3. The lowest BCUT2D eigenvalue weighted by Gasteiger charge is -2.22. The average Bonchev–Trinajstić information content (AvgIpc) is 2.97. The van der Waals surface area contributed by atoms with Crippen molar-refractivity contribution >= 4 is 0 Å². The highest BCUT2D eigenvalue weighted by atomic mass is 16.5. The zero-order chi connectivity index (χ0) is 12.5. The van der Waals surface area contributed by atoms with Crippen LogP contribution in [0.25, 0.3) is 0 Å². The van der Waals surface area contributed by atoms with Crippen molar-refractivity contribution < 1.29 is 9.47 Å². The van der Waals surface area contributed by atoms with Crippen LogP contribution in [-0.2, 0) is 0 Å². The molecule has 1 aromatic rings. The SMILES string of the molecule is COc1ccc2c(c1)[C@@H](C[C@H]1CCCN1C)CO2. The van der Waals surface area contributed by atoms with Gasteiger partial charge in [-0.05, 0) is 51.1 Å². The number of likely N-dealkylation sites (tertiary alicyclic amines) is 1. The summed E-state index contributed by atoms with van der Waals surface area (Å²) in [6.45, 7) is 2.07. The molecule has 0 spiro atoms. The van der Waals surface area contributed by atoms with Crippen molar-refractivity contribution in [2.24, 2.45) is 0 Å². The molecule has 2 atom stereocenters. The molecule has 0 aliphatic carbocycles. The molecule has 2 aliphatic rings. The van der Waals surface area contributed by atoms with Crippen molar-refractivity contribution in [3.05, 3.63) is 23.8 Å². The average molecular weight is 247 g/mol. The van der Waals surface area contributed by atoms with Crippen LogP contribution in [-0.4, -0.2) is 38.3 Å². The third-order valence-corrected chi connectivity index (χ3v) is 4.32. The van der Waals surface area contributed by atoms with Crippen LogP contribution in [0.5, 0.6) is 11.5 Å². The van der Waals surface area contributed by atoms with E-state index in [9.17, 15) is 0 Å². The van der Waals surface area contributed by atoms with Crippen LogP contribution in [0.15, 0.2) is 18.2 Å². The molecule has 3 heteroatoms. The summed E-state index contributed by atoms with van der Waals surface area (Å²) in [7, 11) is 3.96. The van der Waals surface area contributed by atoms with Crippen molar-refractivity contribution in [3.8, 4) is 11.5 Å². The first kappa shape index (κ1) is 11.8. The molecule has 1 fully saturated rings. The van der Waals surface area contributed by atoms with Gasteiger partial charge >= 0.3 is 0 Å². The van der Waals surface area contributed by atoms with Gasteiger partial charge in [0.05, 0.1) is 13.7 Å². The summed E-state index contributed by atoms with van der Waals surface area (Å²) in [5.74, 6) is 2.51. The molecule has 1 saturated heterocycles. The van der Waals surface area contributed by atoms with Gasteiger partial charge in [0.2, 0.25) is 0 Å². The summed E-state index contributed by atoms with van der Waals surface area (Å²) < 4.78 is 11.1. The smallest absolute Gasteiger partial charge is 0.123 e. The highest BCUT2D eigenvalue weighted by Gasteiger charge is 2.30. The Balaban J connectivity index is 1.76. The van der Waals surface area contributed by atoms with Gasteiger partial charge in [0.1, 0.15) is 11.5 Å². The van der Waals surface area contributed by atoms with Gasteiger partial charge in [-0.3, -0.25) is 0 Å². The lowest BCUT2D eigenvalue weighted by Crippen LogP contribution is -2.27. The minimum absolute atomic E-state index is 0.528. The molecular formula is C15H21NO2. The number of rotatable bonds is 3. The molecule has 0 radical (unpaired) electrons.